The van der Waals surface area contributed by atoms with Crippen molar-refractivity contribution < 1.29 is 5.11 Å². The zero-order valence-corrected chi connectivity index (χ0v) is 8.74. The van der Waals surface area contributed by atoms with Crippen molar-refractivity contribution in [3.63, 3.8) is 0 Å². The topological polar surface area (TPSA) is 23.5 Å². The van der Waals surface area contributed by atoms with E-state index in [1.807, 2.05) is 0 Å². The molecular weight excluding hydrogens is 162 g/mol. The minimum atomic E-state index is -0.0638. The molecule has 2 atom stereocenters. The van der Waals surface area contributed by atoms with Crippen LogP contribution in [0.1, 0.15) is 33.1 Å². The van der Waals surface area contributed by atoms with Gasteiger partial charge in [0.15, 0.2) is 0 Å². The molecule has 13 heavy (non-hydrogen) atoms. The van der Waals surface area contributed by atoms with Crippen molar-refractivity contribution in [1.29, 1.82) is 0 Å². The van der Waals surface area contributed by atoms with Crippen LogP contribution in [0.2, 0.25) is 0 Å². The fraction of sp³-hybridized carbons (Fsp3) is 1.00. The van der Waals surface area contributed by atoms with Crippen molar-refractivity contribution in [1.82, 2.24) is 4.90 Å². The van der Waals surface area contributed by atoms with Gasteiger partial charge in [-0.25, -0.2) is 0 Å². The van der Waals surface area contributed by atoms with Gasteiger partial charge in [-0.15, -0.1) is 0 Å². The number of β-amino-alcohol motifs (C(OH)–C–C–N with tert-alkyl or cyclic N) is 1. The lowest BCUT2D eigenvalue weighted by Crippen LogP contribution is -2.35. The molecule has 1 aliphatic heterocycles. The summed E-state index contributed by atoms with van der Waals surface area (Å²) in [7, 11) is 0. The first-order valence-corrected chi connectivity index (χ1v) is 5.59. The summed E-state index contributed by atoms with van der Waals surface area (Å²) in [6, 6.07) is 0.635. The van der Waals surface area contributed by atoms with E-state index in [-0.39, 0.29) is 6.10 Å². The van der Waals surface area contributed by atoms with E-state index in [1.54, 1.807) is 0 Å². The Morgan fingerprint density at radius 1 is 1.38 bits per heavy atom. The highest BCUT2D eigenvalue weighted by Crippen LogP contribution is 2.33. The van der Waals surface area contributed by atoms with E-state index in [2.05, 4.69) is 18.7 Å². The van der Waals surface area contributed by atoms with E-state index in [0.29, 0.717) is 12.0 Å². The summed E-state index contributed by atoms with van der Waals surface area (Å²) in [5.41, 5.74) is 0. The number of hydrogen-bond donors (Lipinski definition) is 1. The van der Waals surface area contributed by atoms with Crippen LogP contribution in [0.15, 0.2) is 0 Å². The third-order valence-electron chi connectivity index (χ3n) is 3.39. The smallest absolute Gasteiger partial charge is 0.0682 e. The molecule has 2 nitrogen and oxygen atoms in total. The van der Waals surface area contributed by atoms with Crippen molar-refractivity contribution in [2.24, 2.45) is 11.8 Å². The van der Waals surface area contributed by atoms with Gasteiger partial charge in [-0.2, -0.15) is 0 Å². The highest BCUT2D eigenvalue weighted by atomic mass is 16.3. The summed E-state index contributed by atoms with van der Waals surface area (Å²) in [6.45, 7) is 6.68. The van der Waals surface area contributed by atoms with Gasteiger partial charge in [0.2, 0.25) is 0 Å². The van der Waals surface area contributed by atoms with E-state index in [0.717, 1.165) is 18.9 Å². The van der Waals surface area contributed by atoms with Crippen LogP contribution in [0.25, 0.3) is 0 Å². The molecule has 0 unspecified atom stereocenters. The summed E-state index contributed by atoms with van der Waals surface area (Å²) in [6.07, 6.45) is 3.75. The molecule has 1 heterocycles. The van der Waals surface area contributed by atoms with Gasteiger partial charge in [0, 0.05) is 19.1 Å². The predicted octanol–water partition coefficient (Wildman–Crippen LogP) is 1.49. The first kappa shape index (κ1) is 9.47. The fourth-order valence-corrected chi connectivity index (χ4v) is 2.44. The number of aliphatic hydroxyl groups is 1. The highest BCUT2D eigenvalue weighted by Gasteiger charge is 2.35. The van der Waals surface area contributed by atoms with Gasteiger partial charge >= 0.3 is 0 Å². The van der Waals surface area contributed by atoms with Crippen LogP contribution < -0.4 is 0 Å². The summed E-state index contributed by atoms with van der Waals surface area (Å²) < 4.78 is 0. The van der Waals surface area contributed by atoms with E-state index in [9.17, 15) is 5.11 Å². The minimum absolute atomic E-state index is 0.0638. The lowest BCUT2D eigenvalue weighted by Gasteiger charge is -2.26. The van der Waals surface area contributed by atoms with Gasteiger partial charge in [0.25, 0.3) is 0 Å². The molecule has 2 heteroatoms. The molecule has 0 amide bonds. The number of nitrogens with zero attached hydrogens (tertiary/aromatic N) is 1. The number of aliphatic hydroxyl groups excluding tert-OH is 1. The van der Waals surface area contributed by atoms with Crippen molar-refractivity contribution in [2.75, 3.05) is 13.1 Å². The second kappa shape index (κ2) is 3.58. The first-order chi connectivity index (χ1) is 6.16. The molecule has 0 aromatic rings. The normalized spacial score (nSPS) is 36.0. The molecule has 1 saturated heterocycles. The Hall–Kier alpha value is -0.0800. The van der Waals surface area contributed by atoms with Crippen molar-refractivity contribution in [3.8, 4) is 0 Å². The van der Waals surface area contributed by atoms with Crippen molar-refractivity contribution in [3.05, 3.63) is 0 Å². The number of rotatable bonds is 3. The van der Waals surface area contributed by atoms with Crippen LogP contribution in [-0.4, -0.2) is 35.2 Å². The maximum atomic E-state index is 9.61. The molecule has 0 bridgehead atoms. The Morgan fingerprint density at radius 3 is 2.62 bits per heavy atom. The van der Waals surface area contributed by atoms with Gasteiger partial charge in [0.1, 0.15) is 0 Å². The van der Waals surface area contributed by atoms with Gasteiger partial charge in [-0.05, 0) is 31.1 Å². The molecule has 0 spiro atoms. The quantitative estimate of drug-likeness (QED) is 0.716. The Labute approximate surface area is 80.9 Å². The predicted molar refractivity (Wildman–Crippen MR) is 53.5 cm³/mol. The molecule has 1 saturated carbocycles. The number of hydrogen-bond acceptors (Lipinski definition) is 2. The molecule has 1 N–H and O–H groups in total. The van der Waals surface area contributed by atoms with Crippen molar-refractivity contribution in [2.45, 2.75) is 45.3 Å². The molecule has 2 aliphatic rings. The first-order valence-electron chi connectivity index (χ1n) is 5.59. The molecule has 0 aromatic carbocycles. The van der Waals surface area contributed by atoms with Gasteiger partial charge in [-0.1, -0.05) is 13.8 Å². The van der Waals surface area contributed by atoms with Gasteiger partial charge < -0.3 is 5.11 Å². The third-order valence-corrected chi connectivity index (χ3v) is 3.39. The average molecular weight is 183 g/mol. The maximum absolute atomic E-state index is 9.61. The summed E-state index contributed by atoms with van der Waals surface area (Å²) in [5.74, 6) is 1.64. The summed E-state index contributed by atoms with van der Waals surface area (Å²) >= 11 is 0. The third kappa shape index (κ3) is 2.23. The highest BCUT2D eigenvalue weighted by molar-refractivity contribution is 4.90. The van der Waals surface area contributed by atoms with E-state index < -0.39 is 0 Å². The van der Waals surface area contributed by atoms with Crippen molar-refractivity contribution >= 4 is 0 Å². The zero-order valence-electron chi connectivity index (χ0n) is 8.74. The maximum Gasteiger partial charge on any atom is 0.0682 e. The Kier molecular flexibility index (Phi) is 2.61. The van der Waals surface area contributed by atoms with Gasteiger partial charge in [0.05, 0.1) is 6.10 Å². The Bertz CT molecular complexity index is 177. The molecule has 0 radical (unpaired) electrons. The monoisotopic (exact) mass is 183 g/mol. The van der Waals surface area contributed by atoms with Crippen LogP contribution in [0.5, 0.6) is 0 Å². The standard InChI is InChI=1S/C11H21NO/c1-8(2)11-5-10(13)7-12(11)6-9-3-4-9/h8-11,13H,3-7H2,1-2H3/t10-,11-/m0/s1. The molecule has 76 valence electrons. The largest absolute Gasteiger partial charge is 0.392 e. The molecular formula is C11H21NO. The SMILES string of the molecule is CC(C)[C@@H]1C[C@H](O)CN1CC1CC1. The summed E-state index contributed by atoms with van der Waals surface area (Å²) in [4.78, 5) is 2.51. The van der Waals surface area contributed by atoms with E-state index in [1.165, 1.54) is 19.4 Å². The molecule has 0 aromatic heterocycles. The Morgan fingerprint density at radius 2 is 2.08 bits per heavy atom. The van der Waals surface area contributed by atoms with E-state index >= 15 is 0 Å². The minimum Gasteiger partial charge on any atom is -0.392 e. The zero-order chi connectivity index (χ0) is 9.42. The van der Waals surface area contributed by atoms with Gasteiger partial charge in [-0.3, -0.25) is 4.90 Å². The molecule has 2 rings (SSSR count). The number of likely N-dealkylation sites (tertiary alicyclic amines) is 1. The lowest BCUT2D eigenvalue weighted by molar-refractivity contribution is 0.169. The van der Waals surface area contributed by atoms with Crippen LogP contribution in [0, 0.1) is 11.8 Å². The van der Waals surface area contributed by atoms with Crippen LogP contribution in [-0.2, 0) is 0 Å². The lowest BCUT2D eigenvalue weighted by atomic mass is 10.0. The van der Waals surface area contributed by atoms with Crippen LogP contribution in [0.3, 0.4) is 0 Å². The van der Waals surface area contributed by atoms with Crippen LogP contribution in [0.4, 0.5) is 0 Å². The Balaban J connectivity index is 1.90. The molecule has 1 aliphatic carbocycles. The van der Waals surface area contributed by atoms with Crippen LogP contribution >= 0.6 is 0 Å². The molecule has 2 fully saturated rings. The average Bonchev–Trinajstić information content (AvgIpc) is 2.75. The summed E-state index contributed by atoms with van der Waals surface area (Å²) in [5, 5.41) is 9.61. The second-order valence-corrected chi connectivity index (χ2v) is 5.10. The van der Waals surface area contributed by atoms with E-state index in [4.69, 9.17) is 0 Å². The fourth-order valence-electron chi connectivity index (χ4n) is 2.44. The second-order valence-electron chi connectivity index (χ2n) is 5.10.